The minimum absolute atomic E-state index is 0.0407. The summed E-state index contributed by atoms with van der Waals surface area (Å²) in [5.41, 5.74) is 1.14. The predicted octanol–water partition coefficient (Wildman–Crippen LogP) is 4.00. The normalized spacial score (nSPS) is 11.8. The fourth-order valence-electron chi connectivity index (χ4n) is 3.51. The standard InChI is InChI=1S/C23H32N2O4S/c1-16(2)23(17(3)4)24-22(26)15-25(19-10-8-7-9-11-19)30(27,28)20-12-13-21(29-6)18(5)14-20/h7-14,16-17,23H,15H2,1-6H3,(H,24,26). The molecule has 7 heteroatoms. The van der Waals surface area contributed by atoms with Crippen LogP contribution < -0.4 is 14.4 Å². The van der Waals surface area contributed by atoms with Crippen LogP contribution in [-0.4, -0.2) is 34.0 Å². The van der Waals surface area contributed by atoms with Crippen LogP contribution in [0.4, 0.5) is 5.69 Å². The number of anilines is 1. The Labute approximate surface area is 180 Å². The van der Waals surface area contributed by atoms with Gasteiger partial charge in [-0.15, -0.1) is 0 Å². The summed E-state index contributed by atoms with van der Waals surface area (Å²) in [5, 5.41) is 3.00. The SMILES string of the molecule is COc1ccc(S(=O)(=O)N(CC(=O)NC(C(C)C)C(C)C)c2ccccc2)cc1C. The van der Waals surface area contributed by atoms with Gasteiger partial charge in [0, 0.05) is 6.04 Å². The Morgan fingerprint density at radius 3 is 2.13 bits per heavy atom. The van der Waals surface area contributed by atoms with Gasteiger partial charge in [0.15, 0.2) is 0 Å². The van der Waals surface area contributed by atoms with E-state index < -0.39 is 10.0 Å². The number of rotatable bonds is 9. The van der Waals surface area contributed by atoms with Crippen molar-refractivity contribution in [3.8, 4) is 5.75 Å². The lowest BCUT2D eigenvalue weighted by Crippen LogP contribution is -2.47. The first-order chi connectivity index (χ1) is 14.1. The fraction of sp³-hybridized carbons (Fsp3) is 0.435. The summed E-state index contributed by atoms with van der Waals surface area (Å²) in [6.45, 7) is 9.64. The molecule has 0 bridgehead atoms. The lowest BCUT2D eigenvalue weighted by atomic mass is 9.93. The van der Waals surface area contributed by atoms with Gasteiger partial charge in [-0.3, -0.25) is 9.10 Å². The molecule has 2 aromatic carbocycles. The van der Waals surface area contributed by atoms with Crippen molar-refractivity contribution >= 4 is 21.6 Å². The highest BCUT2D eigenvalue weighted by Crippen LogP contribution is 2.27. The quantitative estimate of drug-likeness (QED) is 0.650. The number of ether oxygens (including phenoxy) is 1. The predicted molar refractivity (Wildman–Crippen MR) is 120 cm³/mol. The zero-order valence-electron chi connectivity index (χ0n) is 18.5. The third kappa shape index (κ3) is 5.53. The van der Waals surface area contributed by atoms with E-state index in [1.807, 2.05) is 27.7 Å². The van der Waals surface area contributed by atoms with Crippen LogP contribution in [0.1, 0.15) is 33.3 Å². The zero-order chi connectivity index (χ0) is 22.5. The molecule has 1 N–H and O–H groups in total. The number of nitrogens with one attached hydrogen (secondary N) is 1. The number of hydrogen-bond donors (Lipinski definition) is 1. The van der Waals surface area contributed by atoms with Crippen LogP contribution in [-0.2, 0) is 14.8 Å². The molecule has 2 aromatic rings. The molecular formula is C23H32N2O4S. The van der Waals surface area contributed by atoms with Gasteiger partial charge in [-0.25, -0.2) is 8.42 Å². The van der Waals surface area contributed by atoms with Crippen LogP contribution in [0.15, 0.2) is 53.4 Å². The lowest BCUT2D eigenvalue weighted by Gasteiger charge is -2.29. The van der Waals surface area contributed by atoms with Gasteiger partial charge >= 0.3 is 0 Å². The molecule has 0 aliphatic heterocycles. The van der Waals surface area contributed by atoms with Crippen molar-refractivity contribution in [2.45, 2.75) is 45.6 Å². The Kier molecular flexibility index (Phi) is 7.89. The smallest absolute Gasteiger partial charge is 0.264 e. The average Bonchev–Trinajstić information content (AvgIpc) is 2.70. The van der Waals surface area contributed by atoms with Crippen molar-refractivity contribution in [1.29, 1.82) is 0 Å². The summed E-state index contributed by atoms with van der Waals surface area (Å²) in [6, 6.07) is 13.3. The minimum Gasteiger partial charge on any atom is -0.496 e. The Morgan fingerprint density at radius 1 is 1.03 bits per heavy atom. The molecule has 164 valence electrons. The van der Waals surface area contributed by atoms with E-state index in [9.17, 15) is 13.2 Å². The molecule has 0 aliphatic rings. The van der Waals surface area contributed by atoms with Crippen molar-refractivity contribution in [2.24, 2.45) is 11.8 Å². The molecule has 6 nitrogen and oxygen atoms in total. The van der Waals surface area contributed by atoms with E-state index in [1.54, 1.807) is 49.4 Å². The van der Waals surface area contributed by atoms with Gasteiger partial charge in [-0.1, -0.05) is 45.9 Å². The largest absolute Gasteiger partial charge is 0.496 e. The zero-order valence-corrected chi connectivity index (χ0v) is 19.4. The van der Waals surface area contributed by atoms with Crippen molar-refractivity contribution in [2.75, 3.05) is 18.0 Å². The van der Waals surface area contributed by atoms with Gasteiger partial charge in [0.05, 0.1) is 17.7 Å². The van der Waals surface area contributed by atoms with Crippen molar-refractivity contribution in [1.82, 2.24) is 5.32 Å². The number of aryl methyl sites for hydroxylation is 1. The molecule has 0 saturated carbocycles. The summed E-state index contributed by atoms with van der Waals surface area (Å²) >= 11 is 0. The maximum Gasteiger partial charge on any atom is 0.264 e. The summed E-state index contributed by atoms with van der Waals surface area (Å²) in [6.07, 6.45) is 0. The second-order valence-corrected chi connectivity index (χ2v) is 9.92. The van der Waals surface area contributed by atoms with E-state index in [4.69, 9.17) is 4.74 Å². The number of methoxy groups -OCH3 is 1. The number of sulfonamides is 1. The van der Waals surface area contributed by atoms with Crippen LogP contribution in [0.3, 0.4) is 0 Å². The number of para-hydroxylation sites is 1. The molecular weight excluding hydrogens is 400 g/mol. The summed E-state index contributed by atoms with van der Waals surface area (Å²) < 4.78 is 33.3. The molecule has 0 radical (unpaired) electrons. The molecule has 2 rings (SSSR count). The molecule has 0 unspecified atom stereocenters. The number of carbonyl (C=O) groups is 1. The number of carbonyl (C=O) groups excluding carboxylic acids is 1. The Hall–Kier alpha value is -2.54. The number of hydrogen-bond acceptors (Lipinski definition) is 4. The molecule has 1 amide bonds. The maximum absolute atomic E-state index is 13.5. The lowest BCUT2D eigenvalue weighted by molar-refractivity contribution is -0.121. The Balaban J connectivity index is 2.41. The highest BCUT2D eigenvalue weighted by atomic mass is 32.2. The van der Waals surface area contributed by atoms with Gasteiger partial charge in [0.1, 0.15) is 12.3 Å². The molecule has 0 atom stereocenters. The summed E-state index contributed by atoms with van der Waals surface area (Å²) in [5.74, 6) is 0.745. The highest BCUT2D eigenvalue weighted by Gasteiger charge is 2.29. The Bertz CT molecular complexity index is 948. The first-order valence-electron chi connectivity index (χ1n) is 10.1. The number of benzene rings is 2. The van der Waals surface area contributed by atoms with Crippen LogP contribution in [0.5, 0.6) is 5.75 Å². The second kappa shape index (κ2) is 9.98. The number of amides is 1. The second-order valence-electron chi connectivity index (χ2n) is 8.06. The third-order valence-electron chi connectivity index (χ3n) is 5.05. The van der Waals surface area contributed by atoms with Crippen molar-refractivity contribution in [3.05, 3.63) is 54.1 Å². The van der Waals surface area contributed by atoms with Crippen LogP contribution in [0.25, 0.3) is 0 Å². The van der Waals surface area contributed by atoms with E-state index in [0.717, 1.165) is 4.31 Å². The van der Waals surface area contributed by atoms with Gasteiger partial charge in [-0.05, 0) is 54.7 Å². The monoisotopic (exact) mass is 432 g/mol. The highest BCUT2D eigenvalue weighted by molar-refractivity contribution is 7.92. The Morgan fingerprint density at radius 2 is 1.63 bits per heavy atom. The van der Waals surface area contributed by atoms with Gasteiger partial charge < -0.3 is 10.1 Å². The van der Waals surface area contributed by atoms with Gasteiger partial charge in [0.25, 0.3) is 10.0 Å². The van der Waals surface area contributed by atoms with E-state index in [0.29, 0.717) is 17.0 Å². The van der Waals surface area contributed by atoms with E-state index >= 15 is 0 Å². The van der Waals surface area contributed by atoms with E-state index in [1.165, 1.54) is 13.2 Å². The first kappa shape index (κ1) is 23.7. The molecule has 0 heterocycles. The third-order valence-corrected chi connectivity index (χ3v) is 6.82. The topological polar surface area (TPSA) is 75.7 Å². The van der Waals surface area contributed by atoms with Crippen LogP contribution >= 0.6 is 0 Å². The van der Waals surface area contributed by atoms with Crippen LogP contribution in [0, 0.1) is 18.8 Å². The minimum atomic E-state index is -3.96. The fourth-order valence-corrected chi connectivity index (χ4v) is 5.02. The van der Waals surface area contributed by atoms with Crippen molar-refractivity contribution < 1.29 is 17.9 Å². The molecule has 0 spiro atoms. The molecule has 30 heavy (non-hydrogen) atoms. The van der Waals surface area contributed by atoms with Gasteiger partial charge in [0.2, 0.25) is 5.91 Å². The molecule has 0 saturated heterocycles. The number of nitrogens with zero attached hydrogens (tertiary/aromatic N) is 1. The summed E-state index contributed by atoms with van der Waals surface area (Å²) in [4.78, 5) is 13.0. The van der Waals surface area contributed by atoms with Gasteiger partial charge in [-0.2, -0.15) is 0 Å². The van der Waals surface area contributed by atoms with E-state index in [2.05, 4.69) is 5.32 Å². The van der Waals surface area contributed by atoms with Crippen LogP contribution in [0.2, 0.25) is 0 Å². The summed E-state index contributed by atoms with van der Waals surface area (Å²) in [7, 11) is -2.42. The molecule has 0 aliphatic carbocycles. The molecule has 0 aromatic heterocycles. The maximum atomic E-state index is 13.5. The van der Waals surface area contributed by atoms with E-state index in [-0.39, 0.29) is 35.2 Å². The first-order valence-corrected chi connectivity index (χ1v) is 11.5. The average molecular weight is 433 g/mol. The van der Waals surface area contributed by atoms with Crippen molar-refractivity contribution in [3.63, 3.8) is 0 Å². The molecule has 0 fully saturated rings.